The van der Waals surface area contributed by atoms with Crippen LogP contribution in [0.2, 0.25) is 10.0 Å². The van der Waals surface area contributed by atoms with E-state index in [-0.39, 0.29) is 39.1 Å². The van der Waals surface area contributed by atoms with Crippen LogP contribution in [0.15, 0.2) is 77.7 Å². The lowest BCUT2D eigenvalue weighted by Crippen LogP contribution is -2.53. The molecule has 0 saturated heterocycles. The lowest BCUT2D eigenvalue weighted by molar-refractivity contribution is -0.139. The number of nitrogens with one attached hydrogen (secondary N) is 1. The highest BCUT2D eigenvalue weighted by Gasteiger charge is 2.33. The van der Waals surface area contributed by atoms with Gasteiger partial charge in [0.05, 0.1) is 20.6 Å². The molecule has 1 aliphatic rings. The Morgan fingerprint density at radius 3 is 2.24 bits per heavy atom. The molecule has 0 heterocycles. The normalized spacial score (nSPS) is 14.7. The lowest BCUT2D eigenvalue weighted by atomic mass is 9.95. The zero-order valence-corrected chi connectivity index (χ0v) is 26.3. The quantitative estimate of drug-likeness (QED) is 0.266. The fourth-order valence-corrected chi connectivity index (χ4v) is 6.84. The summed E-state index contributed by atoms with van der Waals surface area (Å²) >= 11 is 12.4. The van der Waals surface area contributed by atoms with Crippen molar-refractivity contribution in [2.45, 2.75) is 69.4 Å². The smallest absolute Gasteiger partial charge is 0.264 e. The van der Waals surface area contributed by atoms with Crippen molar-refractivity contribution in [3.8, 4) is 0 Å². The molecule has 0 aliphatic heterocycles. The Morgan fingerprint density at radius 2 is 1.60 bits per heavy atom. The molecule has 7 nitrogen and oxygen atoms in total. The number of anilines is 1. The Morgan fingerprint density at radius 1 is 0.929 bits per heavy atom. The summed E-state index contributed by atoms with van der Waals surface area (Å²) < 4.78 is 28.9. The van der Waals surface area contributed by atoms with Crippen molar-refractivity contribution in [3.63, 3.8) is 0 Å². The van der Waals surface area contributed by atoms with Crippen LogP contribution in [0, 0.1) is 6.92 Å². The standard InChI is InChI=1S/C32H37Cl2N3O4S/c1-23-13-16-28(17-14-23)42(40,41)37(27-15-18-29(33)30(34)21-27)22-31(38)36(20-19-25-9-5-3-6-10-25)24(2)32(39)35-26-11-7-4-8-12-26/h3,5-6,9-10,13-18,21,24,26H,4,7-8,11-12,19-20,22H2,1-2H3,(H,35,39). The van der Waals surface area contributed by atoms with E-state index in [1.807, 2.05) is 37.3 Å². The molecule has 2 amide bonds. The van der Waals surface area contributed by atoms with Crippen LogP contribution in [-0.4, -0.2) is 50.3 Å². The number of hydrogen-bond donors (Lipinski definition) is 1. The highest BCUT2D eigenvalue weighted by Crippen LogP contribution is 2.31. The van der Waals surface area contributed by atoms with Crippen molar-refractivity contribution < 1.29 is 18.0 Å². The van der Waals surface area contributed by atoms with E-state index in [9.17, 15) is 18.0 Å². The maximum Gasteiger partial charge on any atom is 0.264 e. The summed E-state index contributed by atoms with van der Waals surface area (Å²) in [4.78, 5) is 28.9. The van der Waals surface area contributed by atoms with E-state index in [1.165, 1.54) is 35.2 Å². The molecule has 10 heteroatoms. The van der Waals surface area contributed by atoms with Gasteiger partial charge >= 0.3 is 0 Å². The summed E-state index contributed by atoms with van der Waals surface area (Å²) in [5, 5.41) is 3.54. The van der Waals surface area contributed by atoms with Gasteiger partial charge in [0.25, 0.3) is 10.0 Å². The van der Waals surface area contributed by atoms with Gasteiger partial charge in [0, 0.05) is 12.6 Å². The second kappa shape index (κ2) is 14.4. The number of carbonyl (C=O) groups is 2. The number of sulfonamides is 1. The number of nitrogens with zero attached hydrogens (tertiary/aromatic N) is 2. The molecule has 3 aromatic rings. The molecule has 0 radical (unpaired) electrons. The first-order valence-electron chi connectivity index (χ1n) is 14.2. The van der Waals surface area contributed by atoms with Crippen LogP contribution < -0.4 is 9.62 Å². The number of halogens is 2. The summed E-state index contributed by atoms with van der Waals surface area (Å²) in [5.74, 6) is -0.746. The van der Waals surface area contributed by atoms with Crippen LogP contribution in [0.5, 0.6) is 0 Å². The number of amides is 2. The number of rotatable bonds is 11. The molecule has 3 aromatic carbocycles. The summed E-state index contributed by atoms with van der Waals surface area (Å²) in [7, 11) is -4.18. The molecule has 0 bridgehead atoms. The zero-order valence-electron chi connectivity index (χ0n) is 23.9. The first-order valence-corrected chi connectivity index (χ1v) is 16.4. The van der Waals surface area contributed by atoms with Gasteiger partial charge in [-0.05, 0) is 69.0 Å². The third-order valence-corrected chi connectivity index (χ3v) is 10.2. The van der Waals surface area contributed by atoms with Crippen molar-refractivity contribution in [2.24, 2.45) is 0 Å². The minimum absolute atomic E-state index is 0.0332. The fourth-order valence-electron chi connectivity index (χ4n) is 5.15. The maximum absolute atomic E-state index is 14.1. The summed E-state index contributed by atoms with van der Waals surface area (Å²) in [5.41, 5.74) is 2.10. The third-order valence-electron chi connectivity index (χ3n) is 7.68. The van der Waals surface area contributed by atoms with Gasteiger partial charge in [0.15, 0.2) is 0 Å². The molecule has 1 unspecified atom stereocenters. The van der Waals surface area contributed by atoms with Gasteiger partial charge in [-0.2, -0.15) is 0 Å². The van der Waals surface area contributed by atoms with Crippen LogP contribution in [0.3, 0.4) is 0 Å². The highest BCUT2D eigenvalue weighted by molar-refractivity contribution is 7.92. The summed E-state index contributed by atoms with van der Waals surface area (Å²) in [6, 6.07) is 19.8. The Bertz CT molecular complexity index is 1480. The molecule has 1 fully saturated rings. The molecule has 0 spiro atoms. The molecule has 1 atom stereocenters. The monoisotopic (exact) mass is 629 g/mol. The van der Waals surface area contributed by atoms with Gasteiger partial charge in [0.2, 0.25) is 11.8 Å². The van der Waals surface area contributed by atoms with Crippen LogP contribution in [0.4, 0.5) is 5.69 Å². The summed E-state index contributed by atoms with van der Waals surface area (Å²) in [6.45, 7) is 3.27. The van der Waals surface area contributed by atoms with Gasteiger partial charge < -0.3 is 10.2 Å². The van der Waals surface area contributed by atoms with Crippen molar-refractivity contribution >= 4 is 50.7 Å². The molecule has 224 valence electrons. The Hall–Kier alpha value is -3.07. The predicted molar refractivity (Wildman–Crippen MR) is 169 cm³/mol. The minimum Gasteiger partial charge on any atom is -0.352 e. The van der Waals surface area contributed by atoms with E-state index in [0.29, 0.717) is 6.42 Å². The van der Waals surface area contributed by atoms with E-state index in [0.717, 1.165) is 47.5 Å². The second-order valence-corrected chi connectivity index (χ2v) is 13.4. The van der Waals surface area contributed by atoms with Gasteiger partial charge in [-0.25, -0.2) is 8.42 Å². The highest BCUT2D eigenvalue weighted by atomic mass is 35.5. The first kappa shape index (κ1) is 31.9. The molecule has 1 N–H and O–H groups in total. The Labute approximate surface area is 258 Å². The maximum atomic E-state index is 14.1. The van der Waals surface area contributed by atoms with E-state index in [2.05, 4.69) is 5.32 Å². The largest absolute Gasteiger partial charge is 0.352 e. The van der Waals surface area contributed by atoms with Crippen LogP contribution >= 0.6 is 23.2 Å². The Kier molecular flexibility index (Phi) is 10.9. The second-order valence-electron chi connectivity index (χ2n) is 10.8. The van der Waals surface area contributed by atoms with E-state index in [4.69, 9.17) is 23.2 Å². The molecular formula is C32H37Cl2N3O4S. The summed E-state index contributed by atoms with van der Waals surface area (Å²) in [6.07, 6.45) is 5.61. The number of hydrogen-bond acceptors (Lipinski definition) is 4. The lowest BCUT2D eigenvalue weighted by Gasteiger charge is -2.33. The molecule has 4 rings (SSSR count). The molecule has 1 saturated carbocycles. The molecule has 0 aromatic heterocycles. The number of benzene rings is 3. The van der Waals surface area contributed by atoms with E-state index < -0.39 is 28.5 Å². The van der Waals surface area contributed by atoms with Gasteiger partial charge in [-0.15, -0.1) is 0 Å². The molecule has 1 aliphatic carbocycles. The molecular weight excluding hydrogens is 593 g/mol. The van der Waals surface area contributed by atoms with Crippen molar-refractivity contribution in [1.29, 1.82) is 0 Å². The van der Waals surface area contributed by atoms with Gasteiger partial charge in [-0.1, -0.05) is 90.5 Å². The van der Waals surface area contributed by atoms with Crippen LogP contribution in [-0.2, 0) is 26.0 Å². The number of aryl methyl sites for hydroxylation is 1. The average Bonchev–Trinajstić information content (AvgIpc) is 2.98. The zero-order chi connectivity index (χ0) is 30.3. The van der Waals surface area contributed by atoms with Gasteiger partial charge in [-0.3, -0.25) is 13.9 Å². The third kappa shape index (κ3) is 8.06. The average molecular weight is 631 g/mol. The minimum atomic E-state index is -4.18. The number of carbonyl (C=O) groups excluding carboxylic acids is 2. The van der Waals surface area contributed by atoms with Gasteiger partial charge in [0.1, 0.15) is 12.6 Å². The topological polar surface area (TPSA) is 86.8 Å². The van der Waals surface area contributed by atoms with E-state index in [1.54, 1.807) is 19.1 Å². The molecule has 42 heavy (non-hydrogen) atoms. The van der Waals surface area contributed by atoms with E-state index >= 15 is 0 Å². The first-order chi connectivity index (χ1) is 20.1. The predicted octanol–water partition coefficient (Wildman–Crippen LogP) is 6.41. The van der Waals surface area contributed by atoms with Crippen LogP contribution in [0.25, 0.3) is 0 Å². The fraction of sp³-hybridized carbons (Fsp3) is 0.375. The Balaban J connectivity index is 1.65. The van der Waals surface area contributed by atoms with Crippen molar-refractivity contribution in [1.82, 2.24) is 10.2 Å². The van der Waals surface area contributed by atoms with Crippen molar-refractivity contribution in [2.75, 3.05) is 17.4 Å². The van der Waals surface area contributed by atoms with Crippen molar-refractivity contribution in [3.05, 3.63) is 94.0 Å². The van der Waals surface area contributed by atoms with Crippen LogP contribution in [0.1, 0.15) is 50.2 Å². The SMILES string of the molecule is Cc1ccc(S(=O)(=O)N(CC(=O)N(CCc2ccccc2)C(C)C(=O)NC2CCCCC2)c2ccc(Cl)c(Cl)c2)cc1.